The van der Waals surface area contributed by atoms with Crippen molar-refractivity contribution < 1.29 is 24.2 Å². The first-order chi connectivity index (χ1) is 16.4. The molecule has 0 heterocycles. The third-order valence-electron chi connectivity index (χ3n) is 6.93. The lowest BCUT2D eigenvalue weighted by Crippen LogP contribution is -2.26. The zero-order chi connectivity index (χ0) is 24.9. The zero-order valence-corrected chi connectivity index (χ0v) is 21.1. The standard InChI is InChI=1S/C28H43NO5/c1-4-5-8-11-23(19-34-20(2)30)21-14-16-22(17-15-21)28-24(25(29)18-26(28)31)12-9-6-7-10-13-27(32)33-3/h6,9,14-17,23-26,28,31H,4-5,7-8,10-13,18-19,29H2,1-3H3/b9-6-/t23?,24-,25?,26+,28?/m0/s1. The van der Waals surface area contributed by atoms with Gasteiger partial charge in [0.1, 0.15) is 0 Å². The van der Waals surface area contributed by atoms with Gasteiger partial charge in [-0.15, -0.1) is 0 Å². The Morgan fingerprint density at radius 2 is 1.91 bits per heavy atom. The summed E-state index contributed by atoms with van der Waals surface area (Å²) in [5.74, 6) is -0.0847. The van der Waals surface area contributed by atoms with Crippen LogP contribution in [0.3, 0.4) is 0 Å². The summed E-state index contributed by atoms with van der Waals surface area (Å²) in [4.78, 5) is 22.6. The van der Waals surface area contributed by atoms with Gasteiger partial charge in [0.15, 0.2) is 0 Å². The van der Waals surface area contributed by atoms with Gasteiger partial charge in [0.05, 0.1) is 19.8 Å². The van der Waals surface area contributed by atoms with Gasteiger partial charge in [-0.25, -0.2) is 0 Å². The van der Waals surface area contributed by atoms with E-state index in [2.05, 4.69) is 48.1 Å². The van der Waals surface area contributed by atoms with Gasteiger partial charge in [0.2, 0.25) is 0 Å². The van der Waals surface area contributed by atoms with Gasteiger partial charge in [0, 0.05) is 31.2 Å². The highest BCUT2D eigenvalue weighted by Crippen LogP contribution is 2.42. The summed E-state index contributed by atoms with van der Waals surface area (Å²) in [6, 6.07) is 8.39. The maximum Gasteiger partial charge on any atom is 0.305 e. The average molecular weight is 474 g/mol. The lowest BCUT2D eigenvalue weighted by Gasteiger charge is -2.24. The molecule has 1 fully saturated rings. The molecule has 0 radical (unpaired) electrons. The van der Waals surface area contributed by atoms with Crippen molar-refractivity contribution in [1.29, 1.82) is 0 Å². The Balaban J connectivity index is 2.03. The molecule has 0 saturated heterocycles. The van der Waals surface area contributed by atoms with Gasteiger partial charge in [0.25, 0.3) is 0 Å². The highest BCUT2D eigenvalue weighted by Gasteiger charge is 2.40. The van der Waals surface area contributed by atoms with Crippen LogP contribution in [0.15, 0.2) is 36.4 Å². The van der Waals surface area contributed by atoms with Crippen molar-refractivity contribution in [2.24, 2.45) is 11.7 Å². The van der Waals surface area contributed by atoms with E-state index < -0.39 is 6.10 Å². The molecule has 0 amide bonds. The predicted octanol–water partition coefficient (Wildman–Crippen LogP) is 4.99. The molecule has 3 N–H and O–H groups in total. The highest BCUT2D eigenvalue weighted by atomic mass is 16.5. The van der Waals surface area contributed by atoms with Gasteiger partial charge in [-0.1, -0.05) is 62.6 Å². The van der Waals surface area contributed by atoms with Crippen LogP contribution >= 0.6 is 0 Å². The lowest BCUT2D eigenvalue weighted by atomic mass is 9.83. The number of carbonyl (C=O) groups is 2. The molecule has 0 bridgehead atoms. The Hall–Kier alpha value is -2.18. The second-order valence-corrected chi connectivity index (χ2v) is 9.49. The van der Waals surface area contributed by atoms with Crippen molar-refractivity contribution in [3.8, 4) is 0 Å². The van der Waals surface area contributed by atoms with Crippen molar-refractivity contribution in [3.05, 3.63) is 47.5 Å². The van der Waals surface area contributed by atoms with Gasteiger partial charge in [-0.05, 0) is 49.1 Å². The summed E-state index contributed by atoms with van der Waals surface area (Å²) in [5, 5.41) is 10.8. The number of methoxy groups -OCH3 is 1. The quantitative estimate of drug-likeness (QED) is 0.224. The van der Waals surface area contributed by atoms with Crippen molar-refractivity contribution in [2.45, 2.75) is 95.6 Å². The number of allylic oxidation sites excluding steroid dienone is 2. The number of benzene rings is 1. The largest absolute Gasteiger partial charge is 0.469 e. The predicted molar refractivity (Wildman–Crippen MR) is 134 cm³/mol. The third kappa shape index (κ3) is 8.88. The van der Waals surface area contributed by atoms with Crippen molar-refractivity contribution >= 4 is 11.9 Å². The molecule has 6 nitrogen and oxygen atoms in total. The molecule has 0 aromatic heterocycles. The van der Waals surface area contributed by atoms with Crippen LogP contribution in [0.5, 0.6) is 0 Å². The smallest absolute Gasteiger partial charge is 0.305 e. The molecular weight excluding hydrogens is 430 g/mol. The van der Waals surface area contributed by atoms with Crippen LogP contribution < -0.4 is 5.73 Å². The fourth-order valence-corrected chi connectivity index (χ4v) is 4.98. The molecule has 190 valence electrons. The van der Waals surface area contributed by atoms with Gasteiger partial charge in [-0.3, -0.25) is 9.59 Å². The molecule has 0 aliphatic heterocycles. The zero-order valence-electron chi connectivity index (χ0n) is 21.1. The number of hydrogen-bond donors (Lipinski definition) is 2. The van der Waals surface area contributed by atoms with Gasteiger partial charge in [-0.2, -0.15) is 0 Å². The minimum atomic E-state index is -0.458. The molecule has 0 spiro atoms. The molecule has 5 atom stereocenters. The molecule has 34 heavy (non-hydrogen) atoms. The molecule has 1 aromatic rings. The van der Waals surface area contributed by atoms with E-state index in [1.54, 1.807) is 0 Å². The summed E-state index contributed by atoms with van der Waals surface area (Å²) >= 11 is 0. The van der Waals surface area contributed by atoms with E-state index in [0.717, 1.165) is 44.1 Å². The topological polar surface area (TPSA) is 98.9 Å². The Morgan fingerprint density at radius 3 is 2.56 bits per heavy atom. The molecule has 1 aliphatic carbocycles. The van der Waals surface area contributed by atoms with Gasteiger partial charge >= 0.3 is 11.9 Å². The van der Waals surface area contributed by atoms with Crippen LogP contribution in [0.2, 0.25) is 0 Å². The van der Waals surface area contributed by atoms with Crippen LogP contribution in [0, 0.1) is 5.92 Å². The normalized spacial score (nSPS) is 23.2. The Morgan fingerprint density at radius 1 is 1.18 bits per heavy atom. The van der Waals surface area contributed by atoms with Gasteiger partial charge < -0.3 is 20.3 Å². The maximum atomic E-state index is 11.3. The number of rotatable bonds is 14. The second kappa shape index (κ2) is 14.9. The lowest BCUT2D eigenvalue weighted by molar-refractivity contribution is -0.142. The first-order valence-electron chi connectivity index (χ1n) is 12.8. The van der Waals surface area contributed by atoms with Crippen molar-refractivity contribution in [1.82, 2.24) is 0 Å². The average Bonchev–Trinajstić information content (AvgIpc) is 3.10. The van der Waals surface area contributed by atoms with E-state index in [1.807, 2.05) is 0 Å². The molecule has 2 rings (SSSR count). The number of ether oxygens (including phenoxy) is 2. The Bertz CT molecular complexity index is 776. The minimum absolute atomic E-state index is 0.00391. The van der Waals surface area contributed by atoms with Crippen LogP contribution in [-0.2, 0) is 19.1 Å². The summed E-state index contributed by atoms with van der Waals surface area (Å²) in [7, 11) is 1.41. The molecule has 1 saturated carbocycles. The van der Waals surface area contributed by atoms with E-state index in [9.17, 15) is 14.7 Å². The molecule has 1 aliphatic rings. The first kappa shape index (κ1) is 28.1. The number of esters is 2. The molecule has 1 aromatic carbocycles. The highest BCUT2D eigenvalue weighted by molar-refractivity contribution is 5.69. The summed E-state index contributed by atoms with van der Waals surface area (Å²) in [5.41, 5.74) is 8.68. The first-order valence-corrected chi connectivity index (χ1v) is 12.8. The Labute approximate surface area is 204 Å². The van der Waals surface area contributed by atoms with Crippen LogP contribution in [0.25, 0.3) is 0 Å². The number of hydrogen-bond acceptors (Lipinski definition) is 6. The maximum absolute atomic E-state index is 11.3. The summed E-state index contributed by atoms with van der Waals surface area (Å²) in [6.45, 7) is 4.03. The summed E-state index contributed by atoms with van der Waals surface area (Å²) < 4.78 is 10.00. The fraction of sp³-hybridized carbons (Fsp3) is 0.643. The number of aliphatic hydroxyl groups is 1. The second-order valence-electron chi connectivity index (χ2n) is 9.49. The van der Waals surface area contributed by atoms with Crippen molar-refractivity contribution in [3.63, 3.8) is 0 Å². The van der Waals surface area contributed by atoms with E-state index in [0.29, 0.717) is 19.4 Å². The van der Waals surface area contributed by atoms with E-state index in [4.69, 9.17) is 10.5 Å². The van der Waals surface area contributed by atoms with Crippen LogP contribution in [0.1, 0.15) is 94.6 Å². The SMILES string of the molecule is CCCCCC(COC(C)=O)c1ccc(C2[C@@H](C/C=C\CCCC(=O)OC)C(N)C[C@H]2O)cc1. The molecular formula is C28H43NO5. The Kier molecular flexibility index (Phi) is 12.3. The fourth-order valence-electron chi connectivity index (χ4n) is 4.98. The molecule has 6 heteroatoms. The minimum Gasteiger partial charge on any atom is -0.469 e. The monoisotopic (exact) mass is 473 g/mol. The van der Waals surface area contributed by atoms with E-state index in [1.165, 1.54) is 26.0 Å². The van der Waals surface area contributed by atoms with Crippen molar-refractivity contribution in [2.75, 3.05) is 13.7 Å². The van der Waals surface area contributed by atoms with E-state index >= 15 is 0 Å². The number of aliphatic hydroxyl groups excluding tert-OH is 1. The van der Waals surface area contributed by atoms with E-state index in [-0.39, 0.29) is 35.7 Å². The number of carbonyl (C=O) groups excluding carboxylic acids is 2. The van der Waals surface area contributed by atoms with Crippen LogP contribution in [0.4, 0.5) is 0 Å². The third-order valence-corrected chi connectivity index (χ3v) is 6.93. The number of nitrogens with two attached hydrogens (primary N) is 1. The molecule has 3 unspecified atom stereocenters. The van der Waals surface area contributed by atoms with Crippen LogP contribution in [-0.4, -0.2) is 42.9 Å². The summed E-state index contributed by atoms with van der Waals surface area (Å²) in [6.07, 6.45) is 11.6. The number of unbranched alkanes of at least 4 members (excludes halogenated alkanes) is 3.